The van der Waals surface area contributed by atoms with Crippen molar-refractivity contribution in [2.45, 2.75) is 13.3 Å². The molecule has 0 aliphatic carbocycles. The van der Waals surface area contributed by atoms with Crippen molar-refractivity contribution in [1.82, 2.24) is 9.88 Å². The molecule has 1 aliphatic heterocycles. The Hall–Kier alpha value is -3.14. The van der Waals surface area contributed by atoms with Crippen molar-refractivity contribution in [2.75, 3.05) is 13.1 Å². The quantitative estimate of drug-likeness (QED) is 0.660. The predicted octanol–water partition coefficient (Wildman–Crippen LogP) is 4.94. The van der Waals surface area contributed by atoms with Gasteiger partial charge < -0.3 is 9.88 Å². The van der Waals surface area contributed by atoms with Gasteiger partial charge in [0.15, 0.2) is 0 Å². The van der Waals surface area contributed by atoms with E-state index >= 15 is 0 Å². The van der Waals surface area contributed by atoms with Crippen molar-refractivity contribution in [3.05, 3.63) is 83.3 Å². The second-order valence-corrected chi connectivity index (χ2v) is 6.85. The first-order valence-electron chi connectivity index (χ1n) is 9.10. The van der Waals surface area contributed by atoms with Gasteiger partial charge in [-0.3, -0.25) is 4.79 Å². The Morgan fingerprint density at radius 2 is 2.00 bits per heavy atom. The highest BCUT2D eigenvalue weighted by Crippen LogP contribution is 2.30. The average Bonchev–Trinajstić information content (AvgIpc) is 3.13. The molecule has 1 amide bonds. The summed E-state index contributed by atoms with van der Waals surface area (Å²) in [6.45, 7) is 3.39. The van der Waals surface area contributed by atoms with Crippen molar-refractivity contribution in [3.63, 3.8) is 0 Å². The minimum Gasteiger partial charge on any atom is -0.360 e. The Kier molecular flexibility index (Phi) is 4.63. The number of fused-ring (bicyclic) bond motifs is 1. The van der Waals surface area contributed by atoms with Crippen molar-refractivity contribution < 1.29 is 9.18 Å². The van der Waals surface area contributed by atoms with Crippen LogP contribution in [0.25, 0.3) is 22.6 Å². The molecule has 3 aromatic rings. The monoisotopic (exact) mass is 360 g/mol. The van der Waals surface area contributed by atoms with E-state index in [9.17, 15) is 9.18 Å². The van der Waals surface area contributed by atoms with Crippen LogP contribution in [0.15, 0.2) is 60.8 Å². The van der Waals surface area contributed by atoms with E-state index < -0.39 is 0 Å². The first-order chi connectivity index (χ1) is 13.1. The van der Waals surface area contributed by atoms with E-state index in [4.69, 9.17) is 0 Å². The third kappa shape index (κ3) is 3.56. The molecule has 0 saturated heterocycles. The van der Waals surface area contributed by atoms with Crippen molar-refractivity contribution in [3.8, 4) is 0 Å². The van der Waals surface area contributed by atoms with Crippen LogP contribution in [0.5, 0.6) is 0 Å². The molecule has 2 heterocycles. The number of aryl methyl sites for hydroxylation is 1. The summed E-state index contributed by atoms with van der Waals surface area (Å²) in [6, 6.07) is 12.4. The van der Waals surface area contributed by atoms with E-state index in [1.165, 1.54) is 39.7 Å². The minimum atomic E-state index is -0.278. The topological polar surface area (TPSA) is 36.1 Å². The van der Waals surface area contributed by atoms with Crippen molar-refractivity contribution >= 4 is 28.5 Å². The normalized spacial score (nSPS) is 14.7. The maximum Gasteiger partial charge on any atom is 0.246 e. The molecule has 2 aromatic carbocycles. The number of rotatable bonds is 3. The van der Waals surface area contributed by atoms with Crippen molar-refractivity contribution in [2.24, 2.45) is 0 Å². The summed E-state index contributed by atoms with van der Waals surface area (Å²) in [5.74, 6) is -0.302. The van der Waals surface area contributed by atoms with Gasteiger partial charge in [-0.1, -0.05) is 36.4 Å². The van der Waals surface area contributed by atoms with Crippen molar-refractivity contribution in [1.29, 1.82) is 0 Å². The summed E-state index contributed by atoms with van der Waals surface area (Å²) >= 11 is 0. The van der Waals surface area contributed by atoms with Gasteiger partial charge >= 0.3 is 0 Å². The summed E-state index contributed by atoms with van der Waals surface area (Å²) in [7, 11) is 0. The first-order valence-corrected chi connectivity index (χ1v) is 9.10. The molecule has 3 nitrogen and oxygen atoms in total. The molecule has 0 bridgehead atoms. The number of H-pyrrole nitrogens is 1. The second-order valence-electron chi connectivity index (χ2n) is 6.85. The minimum absolute atomic E-state index is 0.0237. The molecule has 0 radical (unpaired) electrons. The number of aromatic amines is 1. The second kappa shape index (κ2) is 7.23. The number of nitrogens with one attached hydrogen (secondary N) is 1. The lowest BCUT2D eigenvalue weighted by Crippen LogP contribution is -2.33. The van der Waals surface area contributed by atoms with Gasteiger partial charge in [0.1, 0.15) is 5.82 Å². The number of para-hydroxylation sites is 1. The largest absolute Gasteiger partial charge is 0.360 e. The molecule has 1 N–H and O–H groups in total. The van der Waals surface area contributed by atoms with Gasteiger partial charge in [0.25, 0.3) is 0 Å². The number of benzene rings is 2. The molecule has 0 spiro atoms. The van der Waals surface area contributed by atoms with E-state index in [-0.39, 0.29) is 11.7 Å². The van der Waals surface area contributed by atoms with Gasteiger partial charge in [0.05, 0.1) is 0 Å². The van der Waals surface area contributed by atoms with Crippen LogP contribution in [0.4, 0.5) is 4.39 Å². The van der Waals surface area contributed by atoms with Crippen LogP contribution in [0.1, 0.15) is 23.1 Å². The Morgan fingerprint density at radius 3 is 2.74 bits per heavy atom. The maximum atomic E-state index is 12.9. The lowest BCUT2D eigenvalue weighted by atomic mass is 9.98. The third-order valence-corrected chi connectivity index (χ3v) is 5.08. The van der Waals surface area contributed by atoms with E-state index in [0.29, 0.717) is 13.1 Å². The van der Waals surface area contributed by atoms with Gasteiger partial charge in [-0.2, -0.15) is 0 Å². The van der Waals surface area contributed by atoms with E-state index in [0.717, 1.165) is 12.0 Å². The molecule has 1 aliphatic rings. The number of carbonyl (C=O) groups excluding carboxylic acids is 1. The van der Waals surface area contributed by atoms with Crippen LogP contribution in [-0.2, 0) is 4.79 Å². The third-order valence-electron chi connectivity index (χ3n) is 5.08. The zero-order chi connectivity index (χ0) is 18.8. The van der Waals surface area contributed by atoms with Crippen LogP contribution in [0, 0.1) is 12.7 Å². The first kappa shape index (κ1) is 17.3. The fourth-order valence-corrected chi connectivity index (χ4v) is 3.53. The highest BCUT2D eigenvalue weighted by molar-refractivity contribution is 5.95. The van der Waals surface area contributed by atoms with Gasteiger partial charge in [0, 0.05) is 41.8 Å². The number of halogens is 1. The summed E-state index contributed by atoms with van der Waals surface area (Å²) in [6.07, 6.45) is 8.31. The summed E-state index contributed by atoms with van der Waals surface area (Å²) < 4.78 is 12.9. The maximum absolute atomic E-state index is 12.9. The van der Waals surface area contributed by atoms with Gasteiger partial charge in [-0.15, -0.1) is 0 Å². The molecule has 136 valence electrons. The number of aromatic nitrogens is 1. The van der Waals surface area contributed by atoms with Gasteiger partial charge in [-0.25, -0.2) is 4.39 Å². The fourth-order valence-electron chi connectivity index (χ4n) is 3.53. The number of hydrogen-bond donors (Lipinski definition) is 1. The molecule has 1 aromatic heterocycles. The Labute approximate surface area is 157 Å². The van der Waals surface area contributed by atoms with Crippen LogP contribution >= 0.6 is 0 Å². The number of carbonyl (C=O) groups is 1. The average molecular weight is 360 g/mol. The molecule has 0 fully saturated rings. The zero-order valence-electron chi connectivity index (χ0n) is 15.2. The summed E-state index contributed by atoms with van der Waals surface area (Å²) in [5, 5.41) is 1.23. The Morgan fingerprint density at radius 1 is 1.19 bits per heavy atom. The molecule has 4 heteroatoms. The van der Waals surface area contributed by atoms with Crippen LogP contribution < -0.4 is 0 Å². The van der Waals surface area contributed by atoms with E-state index in [1.807, 2.05) is 4.90 Å². The van der Waals surface area contributed by atoms with E-state index in [2.05, 4.69) is 42.4 Å². The molecule has 27 heavy (non-hydrogen) atoms. The number of amides is 1. The highest BCUT2D eigenvalue weighted by atomic mass is 19.1. The molecule has 4 rings (SSSR count). The standard InChI is InChI=1S/C23H21FN2O/c1-16-3-2-4-20-21(15-25-23(16)20)18-11-13-26(14-12-18)22(27)10-7-17-5-8-19(24)9-6-17/h2-11,15,25H,12-14H2,1H3/b10-7+. The Bertz CT molecular complexity index is 1040. The molecule has 0 saturated carbocycles. The van der Waals surface area contributed by atoms with Gasteiger partial charge in [-0.05, 0) is 48.3 Å². The summed E-state index contributed by atoms with van der Waals surface area (Å²) in [4.78, 5) is 17.6. The molecule has 0 unspecified atom stereocenters. The number of hydrogen-bond acceptors (Lipinski definition) is 1. The van der Waals surface area contributed by atoms with Crippen LogP contribution in [0.2, 0.25) is 0 Å². The zero-order valence-corrected chi connectivity index (χ0v) is 15.2. The summed E-state index contributed by atoms with van der Waals surface area (Å²) in [5.41, 5.74) is 5.72. The number of nitrogens with zero attached hydrogens (tertiary/aromatic N) is 1. The Balaban J connectivity index is 1.47. The molecular formula is C23H21FN2O. The van der Waals surface area contributed by atoms with Crippen LogP contribution in [-0.4, -0.2) is 28.9 Å². The smallest absolute Gasteiger partial charge is 0.246 e. The SMILES string of the molecule is Cc1cccc2c(C3=CCN(C(=O)/C=C/c4ccc(F)cc4)CC3)c[nH]c12. The lowest BCUT2D eigenvalue weighted by Gasteiger charge is -2.25. The molecule has 0 atom stereocenters. The lowest BCUT2D eigenvalue weighted by molar-refractivity contribution is -0.125. The highest BCUT2D eigenvalue weighted by Gasteiger charge is 2.18. The fraction of sp³-hybridized carbons (Fsp3) is 0.174. The van der Waals surface area contributed by atoms with E-state index in [1.54, 1.807) is 24.3 Å². The predicted molar refractivity (Wildman–Crippen MR) is 108 cm³/mol. The van der Waals surface area contributed by atoms with Crippen LogP contribution in [0.3, 0.4) is 0 Å². The van der Waals surface area contributed by atoms with Gasteiger partial charge in [0.2, 0.25) is 5.91 Å². The molecular weight excluding hydrogens is 339 g/mol.